The third-order valence-electron chi connectivity index (χ3n) is 3.81. The molecule has 1 N–H and O–H groups in total. The second-order valence-corrected chi connectivity index (χ2v) is 6.04. The summed E-state index contributed by atoms with van der Waals surface area (Å²) in [6.45, 7) is 9.50. The molecule has 0 aliphatic rings. The summed E-state index contributed by atoms with van der Waals surface area (Å²) in [5.74, 6) is 2.27. The molecule has 25 heavy (non-hydrogen) atoms. The quantitative estimate of drug-likeness (QED) is 0.600. The van der Waals surface area contributed by atoms with Crippen LogP contribution in [0.4, 0.5) is 5.69 Å². The maximum atomic E-state index is 5.79. The van der Waals surface area contributed by atoms with E-state index < -0.39 is 0 Å². The minimum Gasteiger partial charge on any atom is -0.492 e. The van der Waals surface area contributed by atoms with Crippen LogP contribution in [0.25, 0.3) is 0 Å². The molecule has 0 amide bonds. The molecule has 4 heteroatoms. The fraction of sp³-hybridized carbons (Fsp3) is 0.429. The summed E-state index contributed by atoms with van der Waals surface area (Å²) < 4.78 is 16.9. The molecule has 0 saturated heterocycles. The molecule has 136 valence electrons. The molecule has 0 aromatic heterocycles. The summed E-state index contributed by atoms with van der Waals surface area (Å²) in [6.07, 6.45) is 0. The number of para-hydroxylation sites is 2. The molecule has 0 fully saturated rings. The number of hydrogen-bond donors (Lipinski definition) is 1. The first-order valence-electron chi connectivity index (χ1n) is 8.97. The fourth-order valence-corrected chi connectivity index (χ4v) is 2.40. The van der Waals surface area contributed by atoms with Crippen molar-refractivity contribution in [3.05, 3.63) is 54.1 Å². The predicted octanol–water partition coefficient (Wildman–Crippen LogP) is 4.72. The predicted molar refractivity (Wildman–Crippen MR) is 103 cm³/mol. The van der Waals surface area contributed by atoms with Crippen LogP contribution >= 0.6 is 0 Å². The average molecular weight is 343 g/mol. The Morgan fingerprint density at radius 3 is 2.36 bits per heavy atom. The largest absolute Gasteiger partial charge is 0.492 e. The van der Waals surface area contributed by atoms with Crippen LogP contribution in [0.3, 0.4) is 0 Å². The van der Waals surface area contributed by atoms with E-state index in [1.54, 1.807) is 0 Å². The van der Waals surface area contributed by atoms with Gasteiger partial charge < -0.3 is 19.5 Å². The molecule has 0 bridgehead atoms. The van der Waals surface area contributed by atoms with Crippen molar-refractivity contribution >= 4 is 5.69 Å². The number of benzene rings is 2. The van der Waals surface area contributed by atoms with Crippen LogP contribution in [-0.4, -0.2) is 33.0 Å². The van der Waals surface area contributed by atoms with Gasteiger partial charge in [-0.25, -0.2) is 0 Å². The number of hydrogen-bond acceptors (Lipinski definition) is 4. The molecule has 0 heterocycles. The second-order valence-electron chi connectivity index (χ2n) is 6.04. The summed E-state index contributed by atoms with van der Waals surface area (Å²) in [5, 5.41) is 3.36. The van der Waals surface area contributed by atoms with Gasteiger partial charge in [-0.15, -0.1) is 0 Å². The normalized spacial score (nSPS) is 10.7. The van der Waals surface area contributed by atoms with Crippen LogP contribution in [0.1, 0.15) is 32.3 Å². The van der Waals surface area contributed by atoms with Crippen LogP contribution < -0.4 is 14.8 Å². The lowest BCUT2D eigenvalue weighted by Crippen LogP contribution is -2.13. The Kier molecular flexibility index (Phi) is 8.13. The molecule has 0 unspecified atom stereocenters. The van der Waals surface area contributed by atoms with Gasteiger partial charge in [0.1, 0.15) is 24.7 Å². The van der Waals surface area contributed by atoms with E-state index in [1.807, 2.05) is 43.3 Å². The Hall–Kier alpha value is -2.20. The Morgan fingerprint density at radius 1 is 0.880 bits per heavy atom. The molecule has 0 aliphatic carbocycles. The fourth-order valence-electron chi connectivity index (χ4n) is 2.40. The van der Waals surface area contributed by atoms with Gasteiger partial charge in [-0.05, 0) is 42.7 Å². The summed E-state index contributed by atoms with van der Waals surface area (Å²) >= 11 is 0. The topological polar surface area (TPSA) is 39.7 Å². The Bertz CT molecular complexity index is 611. The number of nitrogens with one attached hydrogen (secondary N) is 1. The van der Waals surface area contributed by atoms with Gasteiger partial charge in [0.2, 0.25) is 0 Å². The molecule has 2 rings (SSSR count). The summed E-state index contributed by atoms with van der Waals surface area (Å²) in [6, 6.07) is 16.2. The van der Waals surface area contributed by atoms with Crippen LogP contribution in [0, 0.1) is 0 Å². The third kappa shape index (κ3) is 6.67. The van der Waals surface area contributed by atoms with Crippen molar-refractivity contribution in [3.8, 4) is 11.5 Å². The Labute approximate surface area is 151 Å². The number of anilines is 1. The highest BCUT2D eigenvalue weighted by Crippen LogP contribution is 2.23. The van der Waals surface area contributed by atoms with Crippen molar-refractivity contribution in [1.29, 1.82) is 0 Å². The molecular weight excluding hydrogens is 314 g/mol. The maximum absolute atomic E-state index is 5.79. The van der Waals surface area contributed by atoms with Gasteiger partial charge in [0.05, 0.1) is 12.3 Å². The molecule has 2 aromatic carbocycles. The number of rotatable bonds is 11. The van der Waals surface area contributed by atoms with Crippen molar-refractivity contribution in [2.75, 3.05) is 38.3 Å². The zero-order valence-corrected chi connectivity index (χ0v) is 15.5. The lowest BCUT2D eigenvalue weighted by molar-refractivity contribution is 0.110. The first-order valence-corrected chi connectivity index (χ1v) is 8.97. The van der Waals surface area contributed by atoms with Gasteiger partial charge in [0.25, 0.3) is 0 Å². The van der Waals surface area contributed by atoms with Gasteiger partial charge in [-0.1, -0.05) is 38.1 Å². The first-order chi connectivity index (χ1) is 12.2. The minimum atomic E-state index is 0.537. The molecule has 0 saturated carbocycles. The Morgan fingerprint density at radius 2 is 1.64 bits per heavy atom. The molecule has 4 nitrogen and oxygen atoms in total. The highest BCUT2D eigenvalue weighted by atomic mass is 16.5. The van der Waals surface area contributed by atoms with Gasteiger partial charge in [0.15, 0.2) is 0 Å². The molecule has 0 aliphatic heterocycles. The van der Waals surface area contributed by atoms with E-state index in [4.69, 9.17) is 14.2 Å². The minimum absolute atomic E-state index is 0.537. The van der Waals surface area contributed by atoms with E-state index in [0.29, 0.717) is 38.9 Å². The zero-order valence-electron chi connectivity index (χ0n) is 15.5. The van der Waals surface area contributed by atoms with Crippen LogP contribution in [0.15, 0.2) is 48.5 Å². The van der Waals surface area contributed by atoms with Crippen molar-refractivity contribution in [2.45, 2.75) is 26.7 Å². The standard InChI is InChI=1S/C21H29NO3/c1-4-23-15-16-25-21-8-6-5-7-20(21)22-13-14-24-19-11-9-18(10-12-19)17(2)3/h5-12,17,22H,4,13-16H2,1-3H3. The first kappa shape index (κ1) is 19.1. The smallest absolute Gasteiger partial charge is 0.142 e. The van der Waals surface area contributed by atoms with Crippen LogP contribution in [0.2, 0.25) is 0 Å². The molecule has 2 aromatic rings. The van der Waals surface area contributed by atoms with Crippen LogP contribution in [0.5, 0.6) is 11.5 Å². The van der Waals surface area contributed by atoms with E-state index in [1.165, 1.54) is 5.56 Å². The average Bonchev–Trinajstić information content (AvgIpc) is 2.64. The highest BCUT2D eigenvalue weighted by molar-refractivity contribution is 5.56. The van der Waals surface area contributed by atoms with Crippen LogP contribution in [-0.2, 0) is 4.74 Å². The van der Waals surface area contributed by atoms with Crippen molar-refractivity contribution < 1.29 is 14.2 Å². The molecule has 0 atom stereocenters. The van der Waals surface area contributed by atoms with Gasteiger partial charge in [-0.2, -0.15) is 0 Å². The SMILES string of the molecule is CCOCCOc1ccccc1NCCOc1ccc(C(C)C)cc1. The lowest BCUT2D eigenvalue weighted by atomic mass is 10.0. The third-order valence-corrected chi connectivity index (χ3v) is 3.81. The lowest BCUT2D eigenvalue weighted by Gasteiger charge is -2.14. The second kappa shape index (κ2) is 10.6. The van der Waals surface area contributed by atoms with E-state index >= 15 is 0 Å². The summed E-state index contributed by atoms with van der Waals surface area (Å²) in [7, 11) is 0. The highest BCUT2D eigenvalue weighted by Gasteiger charge is 2.03. The molecule has 0 spiro atoms. The molecule has 0 radical (unpaired) electrons. The van der Waals surface area contributed by atoms with Crippen molar-refractivity contribution in [2.24, 2.45) is 0 Å². The van der Waals surface area contributed by atoms with Crippen molar-refractivity contribution in [1.82, 2.24) is 0 Å². The maximum Gasteiger partial charge on any atom is 0.142 e. The zero-order chi connectivity index (χ0) is 17.9. The van der Waals surface area contributed by atoms with E-state index in [2.05, 4.69) is 31.3 Å². The van der Waals surface area contributed by atoms with E-state index in [0.717, 1.165) is 17.2 Å². The van der Waals surface area contributed by atoms with Gasteiger partial charge >= 0.3 is 0 Å². The summed E-state index contributed by atoms with van der Waals surface area (Å²) in [4.78, 5) is 0. The van der Waals surface area contributed by atoms with Crippen molar-refractivity contribution in [3.63, 3.8) is 0 Å². The molecular formula is C21H29NO3. The monoisotopic (exact) mass is 343 g/mol. The number of ether oxygens (including phenoxy) is 3. The summed E-state index contributed by atoms with van der Waals surface area (Å²) in [5.41, 5.74) is 2.29. The van der Waals surface area contributed by atoms with Gasteiger partial charge in [-0.3, -0.25) is 0 Å². The van der Waals surface area contributed by atoms with Gasteiger partial charge in [0, 0.05) is 13.2 Å². The Balaban J connectivity index is 1.75. The van der Waals surface area contributed by atoms with E-state index in [9.17, 15) is 0 Å². The van der Waals surface area contributed by atoms with E-state index in [-0.39, 0.29) is 0 Å².